The third-order valence-corrected chi connectivity index (χ3v) is 2.31. The van der Waals surface area contributed by atoms with Gasteiger partial charge in [0, 0.05) is 12.5 Å². The zero-order chi connectivity index (χ0) is 15.0. The molecule has 0 aliphatic carbocycles. The van der Waals surface area contributed by atoms with Gasteiger partial charge in [-0.1, -0.05) is 18.7 Å². The van der Waals surface area contributed by atoms with Crippen LogP contribution >= 0.6 is 0 Å². The van der Waals surface area contributed by atoms with Crippen LogP contribution in [0.1, 0.15) is 27.1 Å². The fraction of sp³-hybridized carbons (Fsp3) is 0.214. The molecular weight excluding hydrogens is 287 g/mol. The molecule has 6 nitrogen and oxygen atoms in total. The van der Waals surface area contributed by atoms with Crippen LogP contribution in [-0.2, 0) is 14.3 Å². The van der Waals surface area contributed by atoms with Crippen LogP contribution in [-0.4, -0.2) is 65.8 Å². The number of benzene rings is 1. The first-order valence-electron chi connectivity index (χ1n) is 5.85. The molecule has 21 heavy (non-hydrogen) atoms. The minimum absolute atomic E-state index is 0. The Labute approximate surface area is 144 Å². The van der Waals surface area contributed by atoms with E-state index in [9.17, 15) is 14.4 Å². The Morgan fingerprint density at radius 1 is 1.10 bits per heavy atom. The second-order valence-electron chi connectivity index (χ2n) is 3.71. The second-order valence-corrected chi connectivity index (χ2v) is 3.71. The van der Waals surface area contributed by atoms with E-state index in [1.807, 2.05) is 0 Å². The number of carbonyl (C=O) groups is 3. The minimum atomic E-state index is -1.20. The molecule has 0 heterocycles. The van der Waals surface area contributed by atoms with Gasteiger partial charge in [0.1, 0.15) is 0 Å². The molecule has 0 fully saturated rings. The summed E-state index contributed by atoms with van der Waals surface area (Å²) in [6, 6.07) is 5.78. The summed E-state index contributed by atoms with van der Waals surface area (Å²) in [5.41, 5.74) is -0.126. The molecule has 1 aromatic carbocycles. The van der Waals surface area contributed by atoms with E-state index in [1.54, 1.807) is 6.07 Å². The molecule has 0 radical (unpaired) electrons. The van der Waals surface area contributed by atoms with Gasteiger partial charge in [0.15, 0.2) is 0 Å². The number of hydrogen-bond acceptors (Lipinski definition) is 5. The molecule has 1 N–H and O–H groups in total. The molecule has 1 aromatic rings. The average molecular weight is 302 g/mol. The maximum atomic E-state index is 11.7. The van der Waals surface area contributed by atoms with E-state index in [-0.39, 0.29) is 53.9 Å². The monoisotopic (exact) mass is 302 g/mol. The topological polar surface area (TPSA) is 89.9 Å². The van der Waals surface area contributed by atoms with Gasteiger partial charge in [0.25, 0.3) is 0 Å². The third-order valence-electron chi connectivity index (χ3n) is 2.31. The Kier molecular flexibility index (Phi) is 9.36. The van der Waals surface area contributed by atoms with E-state index in [0.717, 1.165) is 6.08 Å². The fourth-order valence-corrected chi connectivity index (χ4v) is 1.38. The molecular formula is C14H15NaO6. The second kappa shape index (κ2) is 10.1. The van der Waals surface area contributed by atoms with Gasteiger partial charge in [-0.2, -0.15) is 0 Å². The van der Waals surface area contributed by atoms with E-state index in [2.05, 4.69) is 6.58 Å². The standard InChI is InChI=1S/C14H14O6.Na.H/c1-2-12(15)19-8-5-9-20-14(18)11-7-4-3-6-10(11)13(16)17;;/h2-4,6-7H,1,5,8-9H2,(H,16,17);;. The van der Waals surface area contributed by atoms with E-state index in [4.69, 9.17) is 14.6 Å². The summed E-state index contributed by atoms with van der Waals surface area (Å²) in [5.74, 6) is -2.47. The molecule has 0 aliphatic rings. The summed E-state index contributed by atoms with van der Waals surface area (Å²) in [7, 11) is 0. The zero-order valence-corrected chi connectivity index (χ0v) is 10.7. The van der Waals surface area contributed by atoms with Crippen LogP contribution in [0.5, 0.6) is 0 Å². The van der Waals surface area contributed by atoms with Crippen molar-refractivity contribution in [2.45, 2.75) is 6.42 Å². The van der Waals surface area contributed by atoms with Gasteiger partial charge >= 0.3 is 47.5 Å². The summed E-state index contributed by atoms with van der Waals surface area (Å²) >= 11 is 0. The van der Waals surface area contributed by atoms with Crippen molar-refractivity contribution in [3.8, 4) is 0 Å². The van der Waals surface area contributed by atoms with Crippen molar-refractivity contribution in [3.05, 3.63) is 48.0 Å². The molecule has 1 rings (SSSR count). The van der Waals surface area contributed by atoms with Crippen molar-refractivity contribution in [1.29, 1.82) is 0 Å². The summed E-state index contributed by atoms with van der Waals surface area (Å²) in [6.45, 7) is 3.36. The molecule has 0 aliphatic heterocycles. The number of rotatable bonds is 7. The van der Waals surface area contributed by atoms with Crippen LogP contribution in [0.2, 0.25) is 0 Å². The van der Waals surface area contributed by atoms with Crippen LogP contribution in [0, 0.1) is 0 Å². The van der Waals surface area contributed by atoms with Crippen LogP contribution < -0.4 is 0 Å². The van der Waals surface area contributed by atoms with Crippen molar-refractivity contribution >= 4 is 47.5 Å². The average Bonchev–Trinajstić information content (AvgIpc) is 2.46. The van der Waals surface area contributed by atoms with Gasteiger partial charge in [-0.3, -0.25) is 0 Å². The van der Waals surface area contributed by atoms with E-state index in [0.29, 0.717) is 6.42 Å². The molecule has 0 unspecified atom stereocenters. The van der Waals surface area contributed by atoms with Crippen LogP contribution in [0.25, 0.3) is 0 Å². The number of carboxylic acids is 1. The Balaban J connectivity index is 0.00000400. The molecule has 0 saturated carbocycles. The summed E-state index contributed by atoms with van der Waals surface area (Å²) < 4.78 is 9.61. The van der Waals surface area contributed by atoms with E-state index in [1.165, 1.54) is 18.2 Å². The van der Waals surface area contributed by atoms with Crippen LogP contribution in [0.15, 0.2) is 36.9 Å². The van der Waals surface area contributed by atoms with Gasteiger partial charge in [-0.25, -0.2) is 14.4 Å². The van der Waals surface area contributed by atoms with Gasteiger partial charge in [0.2, 0.25) is 0 Å². The van der Waals surface area contributed by atoms with Gasteiger partial charge in [-0.15, -0.1) is 0 Å². The third kappa shape index (κ3) is 6.57. The van der Waals surface area contributed by atoms with Crippen molar-refractivity contribution < 1.29 is 29.0 Å². The predicted octanol–water partition coefficient (Wildman–Crippen LogP) is 1.01. The predicted molar refractivity (Wildman–Crippen MR) is 76.6 cm³/mol. The van der Waals surface area contributed by atoms with Crippen molar-refractivity contribution in [1.82, 2.24) is 0 Å². The summed E-state index contributed by atoms with van der Waals surface area (Å²) in [4.78, 5) is 33.4. The Hall–Kier alpha value is -1.63. The maximum absolute atomic E-state index is 11.7. The normalized spacial score (nSPS) is 9.14. The van der Waals surface area contributed by atoms with E-state index < -0.39 is 17.9 Å². The molecule has 108 valence electrons. The Bertz CT molecular complexity index is 526. The Morgan fingerprint density at radius 3 is 2.24 bits per heavy atom. The number of ether oxygens (including phenoxy) is 2. The molecule has 0 spiro atoms. The van der Waals surface area contributed by atoms with Crippen molar-refractivity contribution in [3.63, 3.8) is 0 Å². The van der Waals surface area contributed by atoms with Gasteiger partial charge < -0.3 is 14.6 Å². The fourth-order valence-electron chi connectivity index (χ4n) is 1.38. The number of carbonyl (C=O) groups excluding carboxylic acids is 2. The van der Waals surface area contributed by atoms with Crippen LogP contribution in [0.3, 0.4) is 0 Å². The number of aromatic carboxylic acids is 1. The first kappa shape index (κ1) is 19.4. The van der Waals surface area contributed by atoms with Gasteiger partial charge in [-0.05, 0) is 12.1 Å². The molecule has 7 heteroatoms. The first-order valence-corrected chi connectivity index (χ1v) is 5.85. The zero-order valence-electron chi connectivity index (χ0n) is 10.7. The Morgan fingerprint density at radius 2 is 1.67 bits per heavy atom. The quantitative estimate of drug-likeness (QED) is 0.350. The molecule has 0 amide bonds. The number of carboxylic acid groups (broad SMARTS) is 1. The number of hydrogen-bond donors (Lipinski definition) is 1. The summed E-state index contributed by atoms with van der Waals surface area (Å²) in [5, 5.41) is 8.94. The molecule has 0 bridgehead atoms. The summed E-state index contributed by atoms with van der Waals surface area (Å²) in [6.07, 6.45) is 1.36. The van der Waals surface area contributed by atoms with Crippen molar-refractivity contribution in [2.75, 3.05) is 13.2 Å². The SMILES string of the molecule is C=CC(=O)OCCCOC(=O)c1ccccc1C(=O)O.[NaH]. The van der Waals surface area contributed by atoms with Gasteiger partial charge in [0.05, 0.1) is 24.3 Å². The molecule has 0 aromatic heterocycles. The molecule has 0 atom stereocenters. The number of esters is 2. The molecule has 0 saturated heterocycles. The van der Waals surface area contributed by atoms with E-state index >= 15 is 0 Å². The van der Waals surface area contributed by atoms with Crippen LogP contribution in [0.4, 0.5) is 0 Å². The van der Waals surface area contributed by atoms with Crippen molar-refractivity contribution in [2.24, 2.45) is 0 Å². The first-order chi connectivity index (χ1) is 9.56.